The van der Waals surface area contributed by atoms with E-state index < -0.39 is 15.9 Å². The van der Waals surface area contributed by atoms with E-state index in [2.05, 4.69) is 15.2 Å². The van der Waals surface area contributed by atoms with Crippen LogP contribution in [0.1, 0.15) is 5.01 Å². The summed E-state index contributed by atoms with van der Waals surface area (Å²) in [6, 6.07) is 13.0. The fourth-order valence-corrected chi connectivity index (χ4v) is 5.02. The summed E-state index contributed by atoms with van der Waals surface area (Å²) < 4.78 is 24.2. The van der Waals surface area contributed by atoms with Crippen LogP contribution in [0, 0.1) is 0 Å². The molecule has 0 spiro atoms. The maximum absolute atomic E-state index is 12.1. The van der Waals surface area contributed by atoms with Crippen molar-refractivity contribution < 1.29 is 13.2 Å². The lowest BCUT2D eigenvalue weighted by atomic mass is 10.2. The fourth-order valence-electron chi connectivity index (χ4n) is 2.19. The Morgan fingerprint density at radius 2 is 1.66 bits per heavy atom. The first kappa shape index (κ1) is 22.1. The zero-order chi connectivity index (χ0) is 20.9. The number of carbonyl (C=O) groups is 1. The SMILES string of the molecule is O=C(CSCc1nc(-c2ccc(Cl)cc2)cs1)NNS(=O)(=O)c1ccc(Cl)cc1. The number of thiazole rings is 1. The zero-order valence-corrected chi connectivity index (χ0v) is 18.7. The van der Waals surface area contributed by atoms with Gasteiger partial charge in [-0.05, 0) is 36.4 Å². The highest BCUT2D eigenvalue weighted by atomic mass is 35.5. The third-order valence-electron chi connectivity index (χ3n) is 3.60. The van der Waals surface area contributed by atoms with Gasteiger partial charge in [0.25, 0.3) is 10.0 Å². The van der Waals surface area contributed by atoms with Crippen molar-refractivity contribution in [3.05, 3.63) is 69.0 Å². The van der Waals surface area contributed by atoms with Crippen LogP contribution in [0.2, 0.25) is 10.0 Å². The number of thioether (sulfide) groups is 1. The van der Waals surface area contributed by atoms with Crippen LogP contribution in [0.4, 0.5) is 0 Å². The molecule has 0 radical (unpaired) electrons. The molecule has 0 saturated carbocycles. The Hall–Kier alpha value is -1.62. The molecule has 29 heavy (non-hydrogen) atoms. The summed E-state index contributed by atoms with van der Waals surface area (Å²) in [4.78, 5) is 18.5. The van der Waals surface area contributed by atoms with Crippen molar-refractivity contribution >= 4 is 62.2 Å². The van der Waals surface area contributed by atoms with E-state index >= 15 is 0 Å². The largest absolute Gasteiger partial charge is 0.277 e. The highest BCUT2D eigenvalue weighted by molar-refractivity contribution is 7.99. The molecule has 1 amide bonds. The Balaban J connectivity index is 1.45. The number of hydrogen-bond acceptors (Lipinski definition) is 6. The second kappa shape index (κ2) is 9.92. The fraction of sp³-hybridized carbons (Fsp3) is 0.111. The average molecular weight is 488 g/mol. The Morgan fingerprint density at radius 3 is 2.31 bits per heavy atom. The third-order valence-corrected chi connectivity index (χ3v) is 7.34. The number of carbonyl (C=O) groups excluding carboxylic acids is 1. The van der Waals surface area contributed by atoms with Gasteiger partial charge in [0.05, 0.1) is 16.3 Å². The first-order valence-corrected chi connectivity index (χ1v) is 12.5. The van der Waals surface area contributed by atoms with Gasteiger partial charge in [-0.1, -0.05) is 35.3 Å². The van der Waals surface area contributed by atoms with Crippen molar-refractivity contribution in [2.75, 3.05) is 5.75 Å². The van der Waals surface area contributed by atoms with Crippen molar-refractivity contribution in [2.24, 2.45) is 0 Å². The predicted molar refractivity (Wildman–Crippen MR) is 119 cm³/mol. The lowest BCUT2D eigenvalue weighted by Gasteiger charge is -2.08. The maximum Gasteiger partial charge on any atom is 0.257 e. The topological polar surface area (TPSA) is 88.2 Å². The number of rotatable bonds is 8. The Bertz CT molecular complexity index is 1090. The van der Waals surface area contributed by atoms with Gasteiger partial charge in [-0.25, -0.2) is 13.4 Å². The number of benzene rings is 2. The van der Waals surface area contributed by atoms with Gasteiger partial charge in [0.1, 0.15) is 5.01 Å². The van der Waals surface area contributed by atoms with E-state index in [0.717, 1.165) is 16.3 Å². The molecular weight excluding hydrogens is 473 g/mol. The number of amides is 1. The van der Waals surface area contributed by atoms with Crippen LogP contribution in [-0.4, -0.2) is 25.1 Å². The number of nitrogens with zero attached hydrogens (tertiary/aromatic N) is 1. The quantitative estimate of drug-likeness (QED) is 0.460. The van der Waals surface area contributed by atoms with Crippen molar-refractivity contribution in [3.8, 4) is 11.3 Å². The summed E-state index contributed by atoms with van der Waals surface area (Å²) in [5, 5.41) is 3.90. The molecule has 0 aliphatic carbocycles. The molecule has 2 N–H and O–H groups in total. The van der Waals surface area contributed by atoms with Gasteiger partial charge in [0.2, 0.25) is 5.91 Å². The summed E-state index contributed by atoms with van der Waals surface area (Å²) in [5.74, 6) is 0.163. The second-order valence-electron chi connectivity index (χ2n) is 5.73. The smallest absolute Gasteiger partial charge is 0.257 e. The summed E-state index contributed by atoms with van der Waals surface area (Å²) in [7, 11) is -3.85. The summed E-state index contributed by atoms with van der Waals surface area (Å²) in [6.07, 6.45) is 0. The molecule has 6 nitrogen and oxygen atoms in total. The minimum absolute atomic E-state index is 0.00682. The van der Waals surface area contributed by atoms with E-state index in [-0.39, 0.29) is 10.6 Å². The van der Waals surface area contributed by atoms with Gasteiger partial charge in [-0.3, -0.25) is 10.2 Å². The normalized spacial score (nSPS) is 11.4. The lowest BCUT2D eigenvalue weighted by molar-refractivity contribution is -0.119. The van der Waals surface area contributed by atoms with Gasteiger partial charge in [-0.15, -0.1) is 27.9 Å². The molecule has 0 fully saturated rings. The maximum atomic E-state index is 12.1. The molecule has 0 aliphatic rings. The molecule has 3 rings (SSSR count). The molecule has 3 aromatic rings. The minimum Gasteiger partial charge on any atom is -0.277 e. The van der Waals surface area contributed by atoms with Crippen LogP contribution < -0.4 is 10.3 Å². The van der Waals surface area contributed by atoms with Crippen LogP contribution in [0.5, 0.6) is 0 Å². The number of hydrazine groups is 1. The van der Waals surface area contributed by atoms with Crippen LogP contribution >= 0.6 is 46.3 Å². The van der Waals surface area contributed by atoms with Crippen LogP contribution in [0.15, 0.2) is 58.8 Å². The molecule has 0 bridgehead atoms. The summed E-state index contributed by atoms with van der Waals surface area (Å²) >= 11 is 14.5. The molecule has 11 heteroatoms. The molecular formula is C18H15Cl2N3O3S3. The number of aromatic nitrogens is 1. The van der Waals surface area contributed by atoms with Crippen LogP contribution in [-0.2, 0) is 20.6 Å². The van der Waals surface area contributed by atoms with Gasteiger partial charge in [0, 0.05) is 26.7 Å². The number of nitrogens with one attached hydrogen (secondary N) is 2. The zero-order valence-electron chi connectivity index (χ0n) is 14.8. The first-order chi connectivity index (χ1) is 13.8. The summed E-state index contributed by atoms with van der Waals surface area (Å²) in [6.45, 7) is 0. The van der Waals surface area contributed by atoms with Crippen LogP contribution in [0.25, 0.3) is 11.3 Å². The molecule has 1 heterocycles. The van der Waals surface area contributed by atoms with Gasteiger partial charge in [-0.2, -0.15) is 0 Å². The van der Waals surface area contributed by atoms with E-state index in [9.17, 15) is 13.2 Å². The molecule has 0 unspecified atom stereocenters. The molecule has 1 aromatic heterocycles. The lowest BCUT2D eigenvalue weighted by Crippen LogP contribution is -2.42. The van der Waals surface area contributed by atoms with E-state index in [1.807, 2.05) is 17.5 Å². The molecule has 0 atom stereocenters. The monoisotopic (exact) mass is 487 g/mol. The van der Waals surface area contributed by atoms with E-state index in [0.29, 0.717) is 15.8 Å². The van der Waals surface area contributed by atoms with Crippen molar-refractivity contribution in [1.29, 1.82) is 0 Å². The molecule has 0 saturated heterocycles. The van der Waals surface area contributed by atoms with Crippen molar-refractivity contribution in [2.45, 2.75) is 10.6 Å². The Labute approximate surface area is 186 Å². The standard InChI is InChI=1S/C18H15Cl2N3O3S3/c19-13-3-1-12(2-4-13)16-9-28-18(21-16)11-27-10-17(24)22-23-29(25,26)15-7-5-14(20)6-8-15/h1-9,23H,10-11H2,(H,22,24). The van der Waals surface area contributed by atoms with Crippen molar-refractivity contribution in [3.63, 3.8) is 0 Å². The average Bonchev–Trinajstić information content (AvgIpc) is 3.16. The van der Waals surface area contributed by atoms with Gasteiger partial charge < -0.3 is 0 Å². The number of hydrogen-bond donors (Lipinski definition) is 2. The van der Waals surface area contributed by atoms with E-state index in [1.165, 1.54) is 47.4 Å². The molecule has 152 valence electrons. The Kier molecular flexibility index (Phi) is 7.55. The van der Waals surface area contributed by atoms with Gasteiger partial charge >= 0.3 is 0 Å². The molecule has 2 aromatic carbocycles. The van der Waals surface area contributed by atoms with E-state index in [1.54, 1.807) is 12.1 Å². The minimum atomic E-state index is -3.85. The van der Waals surface area contributed by atoms with Crippen molar-refractivity contribution in [1.82, 2.24) is 15.2 Å². The number of halogens is 2. The Morgan fingerprint density at radius 1 is 1.03 bits per heavy atom. The molecule has 0 aliphatic heterocycles. The predicted octanol–water partition coefficient (Wildman–Crippen LogP) is 4.36. The highest BCUT2D eigenvalue weighted by Crippen LogP contribution is 2.25. The first-order valence-electron chi connectivity index (χ1n) is 8.18. The summed E-state index contributed by atoms with van der Waals surface area (Å²) in [5.41, 5.74) is 4.02. The van der Waals surface area contributed by atoms with Gasteiger partial charge in [0.15, 0.2) is 0 Å². The van der Waals surface area contributed by atoms with E-state index in [4.69, 9.17) is 23.2 Å². The highest BCUT2D eigenvalue weighted by Gasteiger charge is 2.15. The second-order valence-corrected chi connectivity index (χ2v) is 10.2. The number of sulfonamides is 1. The third kappa shape index (κ3) is 6.43. The van der Waals surface area contributed by atoms with Crippen LogP contribution in [0.3, 0.4) is 0 Å².